The number of rotatable bonds is 3. The number of pyridine rings is 2. The molecule has 0 saturated carbocycles. The normalized spacial score (nSPS) is 18.8. The summed E-state index contributed by atoms with van der Waals surface area (Å²) >= 11 is 0. The quantitative estimate of drug-likeness (QED) is 0.593. The predicted molar refractivity (Wildman–Crippen MR) is 130 cm³/mol. The number of hydrogen-bond acceptors (Lipinski definition) is 6. The van der Waals surface area contributed by atoms with Crippen molar-refractivity contribution in [1.82, 2.24) is 19.6 Å². The average molecular weight is 468 g/mol. The summed E-state index contributed by atoms with van der Waals surface area (Å²) in [5.41, 5.74) is 0.528. The van der Waals surface area contributed by atoms with Crippen LogP contribution in [0.15, 0.2) is 29.2 Å². The fourth-order valence-electron chi connectivity index (χ4n) is 5.20. The molecule has 180 valence electrons. The Hall–Kier alpha value is -3.04. The van der Waals surface area contributed by atoms with Crippen LogP contribution in [0.5, 0.6) is 0 Å². The zero-order valence-electron chi connectivity index (χ0n) is 19.5. The lowest BCUT2D eigenvalue weighted by molar-refractivity contribution is -0.0346. The Bertz CT molecular complexity index is 1290. The van der Waals surface area contributed by atoms with Crippen molar-refractivity contribution in [3.05, 3.63) is 46.0 Å². The monoisotopic (exact) mass is 467 g/mol. The lowest BCUT2D eigenvalue weighted by atomic mass is 10.1. The van der Waals surface area contributed by atoms with Gasteiger partial charge in [-0.1, -0.05) is 19.3 Å². The molecule has 0 unspecified atom stereocenters. The number of piperazine rings is 1. The number of aromatic nitrogens is 2. The van der Waals surface area contributed by atoms with Gasteiger partial charge in [-0.05, 0) is 31.0 Å². The zero-order valence-corrected chi connectivity index (χ0v) is 19.5. The van der Waals surface area contributed by atoms with Gasteiger partial charge in [0.15, 0.2) is 0 Å². The predicted octanol–water partition coefficient (Wildman–Crippen LogP) is 3.23. The van der Waals surface area contributed by atoms with Crippen molar-refractivity contribution in [3.8, 4) is 0 Å². The summed E-state index contributed by atoms with van der Waals surface area (Å²) in [6, 6.07) is 4.68. The molecular weight excluding hydrogens is 437 g/mol. The van der Waals surface area contributed by atoms with Crippen molar-refractivity contribution >= 4 is 33.6 Å². The number of carboxylic acid groups (broad SMARTS) is 1. The number of aryl methyl sites for hydroxylation is 1. The van der Waals surface area contributed by atoms with Crippen LogP contribution in [-0.4, -0.2) is 69.9 Å². The van der Waals surface area contributed by atoms with E-state index in [9.17, 15) is 14.7 Å². The lowest BCUT2D eigenvalue weighted by Gasteiger charge is -2.42. The van der Waals surface area contributed by atoms with Crippen LogP contribution in [0.2, 0.25) is 0 Å². The molecule has 2 saturated heterocycles. The van der Waals surface area contributed by atoms with Crippen molar-refractivity contribution < 1.29 is 14.3 Å². The number of carbonyl (C=O) groups is 1. The highest BCUT2D eigenvalue weighted by Gasteiger charge is 2.24. The van der Waals surface area contributed by atoms with Gasteiger partial charge in [0.05, 0.1) is 16.6 Å². The molecule has 1 aromatic carbocycles. The van der Waals surface area contributed by atoms with Gasteiger partial charge in [-0.25, -0.2) is 24.2 Å². The van der Waals surface area contributed by atoms with E-state index in [1.165, 1.54) is 48.9 Å². The van der Waals surface area contributed by atoms with Crippen molar-refractivity contribution in [1.29, 1.82) is 0 Å². The molecule has 1 N–H and O–H groups in total. The first-order valence-corrected chi connectivity index (χ1v) is 12.0. The number of aromatic carboxylic acids is 1. The molecular formula is C25H30FN5O3. The Morgan fingerprint density at radius 3 is 2.26 bits per heavy atom. The minimum absolute atomic E-state index is 0.170. The SMILES string of the molecule is Cn1cc(C(=O)O)c(=O)c2cc3cc(F)c(N4CCN(N5CCCCCCC5)CC4)cc3nc21. The van der Waals surface area contributed by atoms with Gasteiger partial charge in [-0.15, -0.1) is 0 Å². The van der Waals surface area contributed by atoms with Crippen LogP contribution in [0, 0.1) is 5.82 Å². The molecule has 0 atom stereocenters. The number of hydrogen-bond donors (Lipinski definition) is 1. The van der Waals surface area contributed by atoms with E-state index in [4.69, 9.17) is 0 Å². The van der Waals surface area contributed by atoms with Gasteiger partial charge >= 0.3 is 5.97 Å². The summed E-state index contributed by atoms with van der Waals surface area (Å²) in [5, 5.41) is 14.9. The molecule has 2 aromatic heterocycles. The van der Waals surface area contributed by atoms with E-state index in [1.54, 1.807) is 19.2 Å². The van der Waals surface area contributed by atoms with Crippen LogP contribution in [0.1, 0.15) is 42.5 Å². The maximum atomic E-state index is 15.2. The molecule has 2 aliphatic rings. The molecule has 0 spiro atoms. The second kappa shape index (κ2) is 9.31. The van der Waals surface area contributed by atoms with E-state index in [0.29, 0.717) is 22.2 Å². The van der Waals surface area contributed by atoms with E-state index in [0.717, 1.165) is 39.3 Å². The first-order valence-electron chi connectivity index (χ1n) is 12.0. The molecule has 0 aliphatic carbocycles. The van der Waals surface area contributed by atoms with Crippen LogP contribution in [0.3, 0.4) is 0 Å². The summed E-state index contributed by atoms with van der Waals surface area (Å²) in [5.74, 6) is -1.65. The molecule has 2 aliphatic heterocycles. The van der Waals surface area contributed by atoms with Crippen molar-refractivity contribution in [2.75, 3.05) is 44.2 Å². The highest BCUT2D eigenvalue weighted by atomic mass is 19.1. The Morgan fingerprint density at radius 1 is 0.941 bits per heavy atom. The maximum absolute atomic E-state index is 15.2. The number of hydrazine groups is 1. The number of benzene rings is 1. The molecule has 2 fully saturated rings. The van der Waals surface area contributed by atoms with Gasteiger partial charge in [0, 0.05) is 57.9 Å². The van der Waals surface area contributed by atoms with E-state index >= 15 is 4.39 Å². The number of fused-ring (bicyclic) bond motifs is 2. The standard InChI is InChI=1S/C25H30FN5O3/c1-28-16-19(25(33)34)23(32)18-13-17-14-20(26)22(15-21(17)27-24(18)28)29-9-11-31(12-10-29)30-7-5-3-2-4-6-8-30/h13-16H,2-12H2,1H3,(H,33,34). The molecule has 0 amide bonds. The molecule has 8 nitrogen and oxygen atoms in total. The number of nitrogens with zero attached hydrogens (tertiary/aromatic N) is 5. The maximum Gasteiger partial charge on any atom is 0.341 e. The zero-order chi connectivity index (χ0) is 23.8. The van der Waals surface area contributed by atoms with Crippen LogP contribution in [0.25, 0.3) is 21.9 Å². The van der Waals surface area contributed by atoms with Gasteiger partial charge < -0.3 is 14.6 Å². The van der Waals surface area contributed by atoms with Crippen LogP contribution < -0.4 is 10.3 Å². The lowest BCUT2D eigenvalue weighted by Crippen LogP contribution is -2.54. The van der Waals surface area contributed by atoms with Crippen molar-refractivity contribution in [3.63, 3.8) is 0 Å². The smallest absolute Gasteiger partial charge is 0.341 e. The number of anilines is 1. The summed E-state index contributed by atoms with van der Waals surface area (Å²) in [6.07, 6.45) is 7.67. The molecule has 3 aromatic rings. The third kappa shape index (κ3) is 4.25. The highest BCUT2D eigenvalue weighted by molar-refractivity contribution is 5.96. The van der Waals surface area contributed by atoms with Gasteiger partial charge in [0.1, 0.15) is 17.0 Å². The van der Waals surface area contributed by atoms with E-state index < -0.39 is 11.4 Å². The minimum Gasteiger partial charge on any atom is -0.477 e. The van der Waals surface area contributed by atoms with Crippen molar-refractivity contribution in [2.45, 2.75) is 32.1 Å². The summed E-state index contributed by atoms with van der Waals surface area (Å²) in [7, 11) is 1.65. The third-order valence-electron chi connectivity index (χ3n) is 7.07. The molecule has 5 rings (SSSR count). The molecule has 9 heteroatoms. The summed E-state index contributed by atoms with van der Waals surface area (Å²) in [4.78, 5) is 30.7. The van der Waals surface area contributed by atoms with E-state index in [1.807, 2.05) is 0 Å². The minimum atomic E-state index is -1.29. The van der Waals surface area contributed by atoms with Crippen LogP contribution >= 0.6 is 0 Å². The first-order chi connectivity index (χ1) is 16.4. The second-order valence-corrected chi connectivity index (χ2v) is 9.31. The Labute approximate surface area is 197 Å². The average Bonchev–Trinajstić information content (AvgIpc) is 2.80. The van der Waals surface area contributed by atoms with Gasteiger partial charge in [-0.2, -0.15) is 0 Å². The molecule has 0 radical (unpaired) electrons. The van der Waals surface area contributed by atoms with E-state index in [2.05, 4.69) is 19.9 Å². The second-order valence-electron chi connectivity index (χ2n) is 9.31. The van der Waals surface area contributed by atoms with Gasteiger partial charge in [0.25, 0.3) is 0 Å². The van der Waals surface area contributed by atoms with Gasteiger partial charge in [0.2, 0.25) is 5.43 Å². The largest absolute Gasteiger partial charge is 0.477 e. The summed E-state index contributed by atoms with van der Waals surface area (Å²) in [6.45, 7) is 5.37. The molecule has 0 bridgehead atoms. The fourth-order valence-corrected chi connectivity index (χ4v) is 5.20. The number of halogens is 1. The Balaban J connectivity index is 1.42. The Kier molecular flexibility index (Phi) is 6.22. The molecule has 4 heterocycles. The number of carboxylic acids is 1. The summed E-state index contributed by atoms with van der Waals surface area (Å²) < 4.78 is 16.7. The van der Waals surface area contributed by atoms with Crippen molar-refractivity contribution in [2.24, 2.45) is 7.05 Å². The van der Waals surface area contributed by atoms with E-state index in [-0.39, 0.29) is 16.8 Å². The van der Waals surface area contributed by atoms with Crippen LogP contribution in [-0.2, 0) is 7.05 Å². The van der Waals surface area contributed by atoms with Crippen LogP contribution in [0.4, 0.5) is 10.1 Å². The van der Waals surface area contributed by atoms with Gasteiger partial charge in [-0.3, -0.25) is 4.79 Å². The fraction of sp³-hybridized carbons (Fsp3) is 0.480. The topological polar surface area (TPSA) is 81.9 Å². The highest BCUT2D eigenvalue weighted by Crippen LogP contribution is 2.28. The third-order valence-corrected chi connectivity index (χ3v) is 7.07. The first kappa shape index (κ1) is 22.7. The molecule has 34 heavy (non-hydrogen) atoms. The Morgan fingerprint density at radius 2 is 1.59 bits per heavy atom.